The Balaban J connectivity index is 1.45. The van der Waals surface area contributed by atoms with Crippen LogP contribution in [0.5, 0.6) is 0 Å². The van der Waals surface area contributed by atoms with E-state index >= 15 is 0 Å². The molecule has 3 amide bonds. The summed E-state index contributed by atoms with van der Waals surface area (Å²) < 4.78 is 5.39. The number of carbonyl (C=O) groups is 3. The third-order valence-corrected chi connectivity index (χ3v) is 5.92. The number of rotatable bonds is 6. The summed E-state index contributed by atoms with van der Waals surface area (Å²) in [6.07, 6.45) is 1.65. The normalized spacial score (nSPS) is 27.2. The molecule has 28 heavy (non-hydrogen) atoms. The van der Waals surface area contributed by atoms with Gasteiger partial charge in [0.1, 0.15) is 6.04 Å². The number of nitrogens with one attached hydrogen (secondary N) is 3. The quantitative estimate of drug-likeness (QED) is 0.591. The molecule has 1 aromatic carbocycles. The lowest BCUT2D eigenvalue weighted by Gasteiger charge is -2.29. The maximum atomic E-state index is 12.8. The van der Waals surface area contributed by atoms with Crippen molar-refractivity contribution in [3.63, 3.8) is 0 Å². The number of amides is 3. The van der Waals surface area contributed by atoms with Crippen LogP contribution < -0.4 is 16.0 Å². The zero-order valence-electron chi connectivity index (χ0n) is 16.0. The highest BCUT2D eigenvalue weighted by Crippen LogP contribution is 2.28. The molecule has 3 N–H and O–H groups in total. The molecule has 2 fully saturated rings. The van der Waals surface area contributed by atoms with Gasteiger partial charge in [0.05, 0.1) is 12.1 Å². The lowest BCUT2D eigenvalue weighted by atomic mass is 9.98. The molecule has 1 aromatic rings. The molecule has 0 aromatic heterocycles. The van der Waals surface area contributed by atoms with Crippen molar-refractivity contribution >= 4 is 17.7 Å². The minimum Gasteiger partial charge on any atom is -0.383 e. The second-order valence-electron chi connectivity index (χ2n) is 7.89. The Kier molecular flexibility index (Phi) is 5.18. The Morgan fingerprint density at radius 2 is 2.18 bits per heavy atom. The summed E-state index contributed by atoms with van der Waals surface area (Å²) in [5.41, 5.74) is 2.60. The standard InChI is InChI=1S/C20H26N4O4/c1-28-12-20(6-7-21-11-20)22-9-13-2-3-15-14(8-13)10-24(19(15)27)16-4-5-17(25)23-18(16)26/h2-3,8,16,21-22H,4-7,9-12H2,1H3,(H,23,25,26). The van der Waals surface area contributed by atoms with Gasteiger partial charge in [0, 0.05) is 38.7 Å². The average Bonchev–Trinajstić information content (AvgIpc) is 3.26. The van der Waals surface area contributed by atoms with Crippen LogP contribution in [0, 0.1) is 0 Å². The topological polar surface area (TPSA) is 99.8 Å². The second-order valence-corrected chi connectivity index (χ2v) is 7.89. The fourth-order valence-corrected chi connectivity index (χ4v) is 4.37. The number of ether oxygens (including phenoxy) is 1. The van der Waals surface area contributed by atoms with Crippen LogP contribution in [0.3, 0.4) is 0 Å². The molecular weight excluding hydrogens is 360 g/mol. The van der Waals surface area contributed by atoms with E-state index in [1.54, 1.807) is 12.0 Å². The van der Waals surface area contributed by atoms with Gasteiger partial charge in [-0.1, -0.05) is 12.1 Å². The SMILES string of the molecule is COCC1(NCc2ccc3c(c2)CN(C2CCC(=O)NC2=O)C3=O)CCNC1. The van der Waals surface area contributed by atoms with Crippen molar-refractivity contribution in [2.75, 3.05) is 26.8 Å². The van der Waals surface area contributed by atoms with Crippen molar-refractivity contribution in [2.45, 2.75) is 43.9 Å². The van der Waals surface area contributed by atoms with E-state index < -0.39 is 6.04 Å². The predicted molar refractivity (Wildman–Crippen MR) is 101 cm³/mol. The number of benzene rings is 1. The average molecular weight is 386 g/mol. The van der Waals surface area contributed by atoms with Crippen molar-refractivity contribution < 1.29 is 19.1 Å². The Bertz CT molecular complexity index is 803. The molecule has 2 unspecified atom stereocenters. The smallest absolute Gasteiger partial charge is 0.255 e. The molecule has 0 spiro atoms. The van der Waals surface area contributed by atoms with Crippen LogP contribution in [-0.2, 0) is 27.4 Å². The fraction of sp³-hybridized carbons (Fsp3) is 0.550. The number of carbonyl (C=O) groups excluding carboxylic acids is 3. The number of nitrogens with zero attached hydrogens (tertiary/aromatic N) is 1. The van der Waals surface area contributed by atoms with E-state index in [4.69, 9.17) is 4.74 Å². The molecule has 0 aliphatic carbocycles. The molecule has 8 nitrogen and oxygen atoms in total. The summed E-state index contributed by atoms with van der Waals surface area (Å²) in [5.74, 6) is -0.792. The number of fused-ring (bicyclic) bond motifs is 1. The monoisotopic (exact) mass is 386 g/mol. The van der Waals surface area contributed by atoms with Gasteiger partial charge < -0.3 is 20.3 Å². The lowest BCUT2D eigenvalue weighted by Crippen LogP contribution is -2.52. The fourth-order valence-electron chi connectivity index (χ4n) is 4.37. The van der Waals surface area contributed by atoms with Crippen molar-refractivity contribution in [1.82, 2.24) is 20.9 Å². The van der Waals surface area contributed by atoms with Crippen LogP contribution in [0.15, 0.2) is 18.2 Å². The largest absolute Gasteiger partial charge is 0.383 e. The van der Waals surface area contributed by atoms with Gasteiger partial charge in [0.2, 0.25) is 11.8 Å². The van der Waals surface area contributed by atoms with E-state index in [-0.39, 0.29) is 29.7 Å². The van der Waals surface area contributed by atoms with Crippen LogP contribution in [0.4, 0.5) is 0 Å². The molecule has 0 radical (unpaired) electrons. The molecule has 3 heterocycles. The second kappa shape index (κ2) is 7.62. The first-order chi connectivity index (χ1) is 13.5. The molecule has 3 aliphatic rings. The van der Waals surface area contributed by atoms with Gasteiger partial charge in [-0.3, -0.25) is 19.7 Å². The Morgan fingerprint density at radius 1 is 1.32 bits per heavy atom. The number of piperidine rings is 1. The van der Waals surface area contributed by atoms with Crippen molar-refractivity contribution in [1.29, 1.82) is 0 Å². The van der Waals surface area contributed by atoms with E-state index in [0.717, 1.165) is 30.6 Å². The molecule has 0 saturated carbocycles. The Labute approximate surface area is 164 Å². The molecule has 2 atom stereocenters. The Morgan fingerprint density at radius 3 is 2.89 bits per heavy atom. The first-order valence-corrected chi connectivity index (χ1v) is 9.72. The number of hydrogen-bond donors (Lipinski definition) is 3. The maximum Gasteiger partial charge on any atom is 0.255 e. The summed E-state index contributed by atoms with van der Waals surface area (Å²) in [6, 6.07) is 5.26. The summed E-state index contributed by atoms with van der Waals surface area (Å²) in [7, 11) is 1.71. The summed E-state index contributed by atoms with van der Waals surface area (Å²) >= 11 is 0. The summed E-state index contributed by atoms with van der Waals surface area (Å²) in [5, 5.41) is 9.32. The summed E-state index contributed by atoms with van der Waals surface area (Å²) in [6.45, 7) is 3.57. The Hall–Kier alpha value is -2.29. The molecule has 0 bridgehead atoms. The van der Waals surface area contributed by atoms with Gasteiger partial charge >= 0.3 is 0 Å². The van der Waals surface area contributed by atoms with Crippen LogP contribution in [0.25, 0.3) is 0 Å². The first-order valence-electron chi connectivity index (χ1n) is 9.72. The van der Waals surface area contributed by atoms with Gasteiger partial charge in [-0.25, -0.2) is 0 Å². The minimum absolute atomic E-state index is 0.0671. The maximum absolute atomic E-state index is 12.8. The van der Waals surface area contributed by atoms with Gasteiger partial charge in [-0.15, -0.1) is 0 Å². The molecule has 2 saturated heterocycles. The van der Waals surface area contributed by atoms with Crippen molar-refractivity contribution in [3.05, 3.63) is 34.9 Å². The zero-order chi connectivity index (χ0) is 19.7. The summed E-state index contributed by atoms with van der Waals surface area (Å²) in [4.78, 5) is 37.9. The van der Waals surface area contributed by atoms with E-state index in [0.29, 0.717) is 31.7 Å². The van der Waals surface area contributed by atoms with E-state index in [9.17, 15) is 14.4 Å². The number of imide groups is 1. The van der Waals surface area contributed by atoms with Crippen LogP contribution in [-0.4, -0.2) is 61.0 Å². The van der Waals surface area contributed by atoms with Crippen LogP contribution in [0.1, 0.15) is 40.7 Å². The van der Waals surface area contributed by atoms with Crippen LogP contribution in [0.2, 0.25) is 0 Å². The molecule has 4 rings (SSSR count). The van der Waals surface area contributed by atoms with Crippen molar-refractivity contribution in [2.24, 2.45) is 0 Å². The van der Waals surface area contributed by atoms with E-state index in [2.05, 4.69) is 16.0 Å². The van der Waals surface area contributed by atoms with Gasteiger partial charge in [0.15, 0.2) is 0 Å². The number of hydrogen-bond acceptors (Lipinski definition) is 6. The lowest BCUT2D eigenvalue weighted by molar-refractivity contribution is -0.136. The molecule has 8 heteroatoms. The minimum atomic E-state index is -0.575. The van der Waals surface area contributed by atoms with Gasteiger partial charge in [0.25, 0.3) is 5.91 Å². The highest BCUT2D eigenvalue weighted by molar-refractivity contribution is 6.05. The molecular formula is C20H26N4O4. The van der Waals surface area contributed by atoms with Gasteiger partial charge in [-0.05, 0) is 36.6 Å². The highest BCUT2D eigenvalue weighted by atomic mass is 16.5. The van der Waals surface area contributed by atoms with E-state index in [1.807, 2.05) is 18.2 Å². The zero-order valence-corrected chi connectivity index (χ0v) is 16.0. The van der Waals surface area contributed by atoms with Gasteiger partial charge in [-0.2, -0.15) is 0 Å². The third kappa shape index (κ3) is 3.55. The number of methoxy groups -OCH3 is 1. The van der Waals surface area contributed by atoms with Crippen molar-refractivity contribution in [3.8, 4) is 0 Å². The van der Waals surface area contributed by atoms with E-state index in [1.165, 1.54) is 0 Å². The highest BCUT2D eigenvalue weighted by Gasteiger charge is 2.39. The molecule has 150 valence electrons. The first kappa shape index (κ1) is 19.0. The molecule has 3 aliphatic heterocycles. The third-order valence-electron chi connectivity index (χ3n) is 5.92. The van der Waals surface area contributed by atoms with Crippen LogP contribution >= 0.6 is 0 Å². The predicted octanol–water partition coefficient (Wildman–Crippen LogP) is -0.0843.